The molecule has 1 aliphatic carbocycles. The number of aliphatic imine (C=N–C) groups is 1. The van der Waals surface area contributed by atoms with E-state index in [2.05, 4.69) is 24.8 Å². The number of amidine groups is 1. The Morgan fingerprint density at radius 1 is 1.29 bits per heavy atom. The lowest BCUT2D eigenvalue weighted by atomic mass is 9.98. The zero-order valence-corrected chi connectivity index (χ0v) is 15.7. The Morgan fingerprint density at radius 3 is 2.75 bits per heavy atom. The third kappa shape index (κ3) is 3.32. The van der Waals surface area contributed by atoms with E-state index in [9.17, 15) is 0 Å². The minimum Gasteiger partial charge on any atom is -0.345 e. The van der Waals surface area contributed by atoms with Gasteiger partial charge in [0.1, 0.15) is 0 Å². The highest BCUT2D eigenvalue weighted by Crippen LogP contribution is 2.45. The average Bonchev–Trinajstić information content (AvgIpc) is 3.22. The van der Waals surface area contributed by atoms with Crippen molar-refractivity contribution in [2.24, 2.45) is 4.99 Å². The zero-order chi connectivity index (χ0) is 17.0. The van der Waals surface area contributed by atoms with E-state index in [0.29, 0.717) is 5.54 Å². The van der Waals surface area contributed by atoms with Crippen molar-refractivity contribution in [1.29, 1.82) is 5.26 Å². The predicted molar refractivity (Wildman–Crippen MR) is 103 cm³/mol. The number of thioether (sulfide) groups is 1. The molecule has 24 heavy (non-hydrogen) atoms. The van der Waals surface area contributed by atoms with Gasteiger partial charge in [-0.1, -0.05) is 44.9 Å². The number of rotatable bonds is 5. The first kappa shape index (κ1) is 17.4. The highest BCUT2D eigenvalue weighted by atomic mass is 32.2. The molecule has 3 rings (SSSR count). The van der Waals surface area contributed by atoms with E-state index in [1.807, 2.05) is 30.0 Å². The van der Waals surface area contributed by atoms with Crippen molar-refractivity contribution in [3.05, 3.63) is 29.3 Å². The summed E-state index contributed by atoms with van der Waals surface area (Å²) in [7, 11) is 0. The number of hydrogen-bond acceptors (Lipinski definition) is 3. The number of benzene rings is 1. The maximum atomic E-state index is 9.11. The van der Waals surface area contributed by atoms with Gasteiger partial charge in [0, 0.05) is 12.3 Å². The van der Waals surface area contributed by atoms with Gasteiger partial charge >= 0.3 is 0 Å². The van der Waals surface area contributed by atoms with E-state index >= 15 is 0 Å². The molecule has 0 radical (unpaired) electrons. The molecule has 0 atom stereocenters. The van der Waals surface area contributed by atoms with Crippen molar-refractivity contribution >= 4 is 22.6 Å². The topological polar surface area (TPSA) is 39.4 Å². The Kier molecular flexibility index (Phi) is 5.50. The van der Waals surface area contributed by atoms with Gasteiger partial charge in [0.05, 0.1) is 22.9 Å². The van der Waals surface area contributed by atoms with E-state index in [-0.39, 0.29) is 0 Å². The lowest BCUT2D eigenvalue weighted by Crippen LogP contribution is -2.45. The third-order valence-corrected chi connectivity index (χ3v) is 6.60. The van der Waals surface area contributed by atoms with E-state index < -0.39 is 0 Å². The predicted octanol–water partition coefficient (Wildman–Crippen LogP) is 5.27. The van der Waals surface area contributed by atoms with Crippen LogP contribution >= 0.6 is 11.8 Å². The van der Waals surface area contributed by atoms with E-state index in [0.717, 1.165) is 24.2 Å². The minimum absolute atomic E-state index is 0.359. The fraction of sp³-hybridized carbons (Fsp3) is 0.600. The number of aryl methyl sites for hydroxylation is 1. The van der Waals surface area contributed by atoms with Crippen LogP contribution in [0.2, 0.25) is 0 Å². The molecule has 3 nitrogen and oxygen atoms in total. The second-order valence-electron chi connectivity index (χ2n) is 6.93. The number of nitriles is 1. The molecule has 2 aliphatic rings. The summed E-state index contributed by atoms with van der Waals surface area (Å²) >= 11 is 1.93. The van der Waals surface area contributed by atoms with Crippen LogP contribution in [0.1, 0.15) is 63.5 Å². The van der Waals surface area contributed by atoms with Gasteiger partial charge in [-0.25, -0.2) is 4.99 Å². The quantitative estimate of drug-likeness (QED) is 0.732. The van der Waals surface area contributed by atoms with Crippen LogP contribution < -0.4 is 0 Å². The Bertz CT molecular complexity index is 653. The zero-order valence-electron chi connectivity index (χ0n) is 14.8. The molecular formula is C20H27N3S. The Labute approximate surface area is 150 Å². The molecule has 1 saturated carbocycles. The van der Waals surface area contributed by atoms with E-state index in [1.165, 1.54) is 55.0 Å². The summed E-state index contributed by atoms with van der Waals surface area (Å²) in [5.74, 6) is 1.19. The van der Waals surface area contributed by atoms with Crippen LogP contribution in [0.15, 0.2) is 23.2 Å². The van der Waals surface area contributed by atoms with Crippen molar-refractivity contribution in [2.45, 2.75) is 64.3 Å². The first-order valence-corrected chi connectivity index (χ1v) is 10.2. The molecule has 4 heteroatoms. The van der Waals surface area contributed by atoms with Crippen LogP contribution in [0.4, 0.5) is 5.69 Å². The number of unbranched alkanes of at least 4 members (excludes halogenated alkanes) is 1. The Morgan fingerprint density at radius 2 is 2.08 bits per heavy atom. The van der Waals surface area contributed by atoms with Crippen LogP contribution in [0.25, 0.3) is 0 Å². The maximum Gasteiger partial charge on any atom is 0.164 e. The minimum atomic E-state index is 0.359. The fourth-order valence-electron chi connectivity index (χ4n) is 3.90. The van der Waals surface area contributed by atoms with E-state index in [4.69, 9.17) is 10.3 Å². The molecule has 1 aromatic rings. The molecule has 1 aromatic carbocycles. The van der Waals surface area contributed by atoms with Crippen molar-refractivity contribution in [3.63, 3.8) is 0 Å². The summed E-state index contributed by atoms with van der Waals surface area (Å²) < 4.78 is 0. The summed E-state index contributed by atoms with van der Waals surface area (Å²) in [5, 5.41) is 10.3. The van der Waals surface area contributed by atoms with Gasteiger partial charge < -0.3 is 4.90 Å². The van der Waals surface area contributed by atoms with Crippen molar-refractivity contribution in [3.8, 4) is 6.07 Å². The van der Waals surface area contributed by atoms with Crippen LogP contribution in [0, 0.1) is 11.3 Å². The largest absolute Gasteiger partial charge is 0.345 e. The number of hydrogen-bond donors (Lipinski definition) is 0. The summed E-state index contributed by atoms with van der Waals surface area (Å²) in [6.45, 7) is 5.52. The van der Waals surface area contributed by atoms with Gasteiger partial charge in [-0.3, -0.25) is 0 Å². The summed E-state index contributed by atoms with van der Waals surface area (Å²) in [4.78, 5) is 7.67. The molecule has 0 aromatic heterocycles. The van der Waals surface area contributed by atoms with Crippen LogP contribution in [-0.2, 0) is 6.42 Å². The van der Waals surface area contributed by atoms with Crippen molar-refractivity contribution in [1.82, 2.24) is 4.90 Å². The molecule has 0 N–H and O–H groups in total. The Balaban J connectivity index is 1.92. The molecule has 128 valence electrons. The molecule has 1 heterocycles. The fourth-order valence-corrected chi connectivity index (χ4v) is 5.34. The lowest BCUT2D eigenvalue weighted by Gasteiger charge is -2.35. The van der Waals surface area contributed by atoms with Gasteiger partial charge in [0.2, 0.25) is 0 Å². The van der Waals surface area contributed by atoms with Gasteiger partial charge in [0.25, 0.3) is 0 Å². The lowest BCUT2D eigenvalue weighted by molar-refractivity contribution is 0.214. The molecule has 1 saturated heterocycles. The SMILES string of the molecule is CCCCN1C(=Nc2ccc(C#N)cc2CC)SCC12CCCC2. The smallest absolute Gasteiger partial charge is 0.164 e. The Hall–Kier alpha value is -1.47. The summed E-state index contributed by atoms with van der Waals surface area (Å²) in [6, 6.07) is 8.13. The molecule has 0 unspecified atom stereocenters. The van der Waals surface area contributed by atoms with Gasteiger partial charge in [-0.05, 0) is 49.4 Å². The second-order valence-corrected chi connectivity index (χ2v) is 7.87. The van der Waals surface area contributed by atoms with Gasteiger partial charge in [0.15, 0.2) is 5.17 Å². The highest BCUT2D eigenvalue weighted by molar-refractivity contribution is 8.14. The molecule has 1 aliphatic heterocycles. The van der Waals surface area contributed by atoms with Gasteiger partial charge in [-0.2, -0.15) is 5.26 Å². The van der Waals surface area contributed by atoms with Crippen LogP contribution in [0.5, 0.6) is 0 Å². The number of nitrogens with zero attached hydrogens (tertiary/aromatic N) is 3. The van der Waals surface area contributed by atoms with Crippen molar-refractivity contribution in [2.75, 3.05) is 12.3 Å². The maximum absolute atomic E-state index is 9.11. The van der Waals surface area contributed by atoms with Gasteiger partial charge in [-0.15, -0.1) is 0 Å². The molecular weight excluding hydrogens is 314 g/mol. The third-order valence-electron chi connectivity index (χ3n) is 5.35. The summed E-state index contributed by atoms with van der Waals surface area (Å²) in [6.07, 6.45) is 8.71. The normalized spacial score (nSPS) is 20.9. The molecule has 2 fully saturated rings. The van der Waals surface area contributed by atoms with Crippen molar-refractivity contribution < 1.29 is 0 Å². The molecule has 0 bridgehead atoms. The second kappa shape index (κ2) is 7.61. The van der Waals surface area contributed by atoms with Crippen LogP contribution in [0.3, 0.4) is 0 Å². The van der Waals surface area contributed by atoms with Crippen LogP contribution in [-0.4, -0.2) is 27.9 Å². The first-order chi connectivity index (χ1) is 11.7. The van der Waals surface area contributed by atoms with E-state index in [1.54, 1.807) is 0 Å². The molecule has 0 amide bonds. The molecule has 1 spiro atoms. The summed E-state index contributed by atoms with van der Waals surface area (Å²) in [5.41, 5.74) is 3.29. The average molecular weight is 342 g/mol. The first-order valence-electron chi connectivity index (χ1n) is 9.24. The highest BCUT2D eigenvalue weighted by Gasteiger charge is 2.46. The standard InChI is InChI=1S/C20H27N3S/c1-3-5-12-23-19(24-15-20(23)10-6-7-11-20)22-18-9-8-16(14-21)13-17(18)4-2/h8-9,13H,3-7,10-12,15H2,1-2H3. The monoisotopic (exact) mass is 341 g/mol.